The van der Waals surface area contributed by atoms with Crippen LogP contribution in [-0.2, 0) is 13.5 Å². The average molecular weight is 333 g/mol. The van der Waals surface area contributed by atoms with Gasteiger partial charge in [-0.25, -0.2) is 4.39 Å². The van der Waals surface area contributed by atoms with Crippen molar-refractivity contribution in [3.8, 4) is 5.75 Å². The molecule has 1 aromatic carbocycles. The van der Waals surface area contributed by atoms with Crippen LogP contribution >= 0.6 is 0 Å². The summed E-state index contributed by atoms with van der Waals surface area (Å²) in [6.45, 7) is 3.41. The van der Waals surface area contributed by atoms with Gasteiger partial charge in [-0.15, -0.1) is 0 Å². The summed E-state index contributed by atoms with van der Waals surface area (Å²) in [4.78, 5) is 2.23. The van der Waals surface area contributed by atoms with Crippen molar-refractivity contribution < 1.29 is 14.2 Å². The zero-order chi connectivity index (χ0) is 17.1. The number of aliphatic hydroxyl groups is 1. The molecule has 0 amide bonds. The number of aryl methyl sites for hydroxylation is 2. The van der Waals surface area contributed by atoms with Crippen molar-refractivity contribution in [2.24, 2.45) is 7.05 Å². The number of likely N-dealkylation sites (tertiary alicyclic amines) is 1. The van der Waals surface area contributed by atoms with Gasteiger partial charge in [-0.3, -0.25) is 9.58 Å². The van der Waals surface area contributed by atoms with Gasteiger partial charge in [0.2, 0.25) is 0 Å². The lowest BCUT2D eigenvalue weighted by atomic mass is 10.1. The summed E-state index contributed by atoms with van der Waals surface area (Å²) in [5.41, 5.74) is 1.00. The van der Waals surface area contributed by atoms with Crippen LogP contribution in [0.4, 0.5) is 4.39 Å². The third-order valence-electron chi connectivity index (χ3n) is 4.60. The molecule has 3 atom stereocenters. The predicted octanol–water partition coefficient (Wildman–Crippen LogP) is 2.00. The van der Waals surface area contributed by atoms with E-state index in [1.54, 1.807) is 29.2 Å². The second-order valence-electron chi connectivity index (χ2n) is 6.54. The number of aliphatic hydroxyl groups excluding tert-OH is 1. The van der Waals surface area contributed by atoms with Gasteiger partial charge < -0.3 is 9.84 Å². The third kappa shape index (κ3) is 4.13. The molecule has 24 heavy (non-hydrogen) atoms. The van der Waals surface area contributed by atoms with Crippen molar-refractivity contribution in [2.45, 2.75) is 38.0 Å². The summed E-state index contributed by atoms with van der Waals surface area (Å²) in [5.74, 6) is 0.484. The largest absolute Gasteiger partial charge is 0.483 e. The Morgan fingerprint density at radius 3 is 2.96 bits per heavy atom. The van der Waals surface area contributed by atoms with Gasteiger partial charge in [0.05, 0.1) is 12.4 Å². The molecule has 0 spiro atoms. The molecule has 1 N–H and O–H groups in total. The maximum atomic E-state index is 13.2. The van der Waals surface area contributed by atoms with Crippen molar-refractivity contribution in [2.75, 3.05) is 13.1 Å². The number of β-amino-alcohol motifs (C(OH)–C–C–N with tert-alkyl or cyclic N) is 1. The highest BCUT2D eigenvalue weighted by atomic mass is 19.1. The van der Waals surface area contributed by atoms with E-state index in [2.05, 4.69) is 16.9 Å². The molecule has 1 aliphatic rings. The lowest BCUT2D eigenvalue weighted by molar-refractivity contribution is 0.0736. The lowest BCUT2D eigenvalue weighted by Gasteiger charge is -2.24. The van der Waals surface area contributed by atoms with Gasteiger partial charge in [-0.2, -0.15) is 5.10 Å². The molecule has 0 saturated carbocycles. The number of rotatable bonds is 6. The number of benzene rings is 1. The zero-order valence-electron chi connectivity index (χ0n) is 14.1. The van der Waals surface area contributed by atoms with E-state index >= 15 is 0 Å². The van der Waals surface area contributed by atoms with Crippen LogP contribution in [0.5, 0.6) is 5.75 Å². The number of ether oxygens (including phenoxy) is 1. The van der Waals surface area contributed by atoms with E-state index in [1.165, 1.54) is 6.07 Å². The first kappa shape index (κ1) is 16.9. The Kier molecular flexibility index (Phi) is 5.16. The van der Waals surface area contributed by atoms with Gasteiger partial charge in [0.1, 0.15) is 18.0 Å². The lowest BCUT2D eigenvalue weighted by Crippen LogP contribution is -2.33. The van der Waals surface area contributed by atoms with Gasteiger partial charge in [0.15, 0.2) is 5.75 Å². The normalized spacial score (nSPS) is 22.7. The SMILES string of the molecule is CC(CCc1cccc(F)c1)N1C[C@@H](O)[C@H](Oc2cnn(C)c2)C1. The molecule has 2 heterocycles. The molecule has 1 aromatic heterocycles. The van der Waals surface area contributed by atoms with Gasteiger partial charge >= 0.3 is 0 Å². The molecule has 130 valence electrons. The molecule has 3 rings (SSSR count). The minimum absolute atomic E-state index is 0.193. The van der Waals surface area contributed by atoms with Crippen molar-refractivity contribution in [3.63, 3.8) is 0 Å². The van der Waals surface area contributed by atoms with Gasteiger partial charge in [0, 0.05) is 26.2 Å². The van der Waals surface area contributed by atoms with E-state index < -0.39 is 6.10 Å². The molecule has 1 unspecified atom stereocenters. The maximum Gasteiger partial charge on any atom is 0.157 e. The highest BCUT2D eigenvalue weighted by Crippen LogP contribution is 2.21. The van der Waals surface area contributed by atoms with E-state index in [0.29, 0.717) is 24.9 Å². The Bertz CT molecular complexity index is 676. The summed E-state index contributed by atoms with van der Waals surface area (Å²) in [6.07, 6.45) is 4.42. The minimum Gasteiger partial charge on any atom is -0.483 e. The first-order valence-corrected chi connectivity index (χ1v) is 8.33. The van der Waals surface area contributed by atoms with Crippen LogP contribution < -0.4 is 4.74 Å². The summed E-state index contributed by atoms with van der Waals surface area (Å²) in [5, 5.41) is 14.3. The Balaban J connectivity index is 1.51. The van der Waals surface area contributed by atoms with Crippen LogP contribution in [0.15, 0.2) is 36.7 Å². The van der Waals surface area contributed by atoms with Crippen LogP contribution in [0.1, 0.15) is 18.9 Å². The quantitative estimate of drug-likeness (QED) is 0.878. The van der Waals surface area contributed by atoms with Crippen molar-refractivity contribution >= 4 is 0 Å². The van der Waals surface area contributed by atoms with E-state index in [4.69, 9.17) is 4.74 Å². The van der Waals surface area contributed by atoms with Crippen molar-refractivity contribution in [1.29, 1.82) is 0 Å². The zero-order valence-corrected chi connectivity index (χ0v) is 14.1. The second kappa shape index (κ2) is 7.32. The topological polar surface area (TPSA) is 50.5 Å². The minimum atomic E-state index is -0.512. The summed E-state index contributed by atoms with van der Waals surface area (Å²) in [6, 6.07) is 7.03. The second-order valence-corrected chi connectivity index (χ2v) is 6.54. The highest BCUT2D eigenvalue weighted by molar-refractivity contribution is 5.16. The van der Waals surface area contributed by atoms with Crippen LogP contribution in [0.25, 0.3) is 0 Å². The molecule has 1 saturated heterocycles. The number of halogens is 1. The molecule has 1 fully saturated rings. The fourth-order valence-corrected chi connectivity index (χ4v) is 3.15. The van der Waals surface area contributed by atoms with E-state index in [1.807, 2.05) is 13.1 Å². The Labute approximate surface area is 141 Å². The number of nitrogens with zero attached hydrogens (tertiary/aromatic N) is 3. The van der Waals surface area contributed by atoms with E-state index in [-0.39, 0.29) is 11.9 Å². The van der Waals surface area contributed by atoms with E-state index in [0.717, 1.165) is 18.4 Å². The van der Waals surface area contributed by atoms with Crippen LogP contribution in [0.2, 0.25) is 0 Å². The predicted molar refractivity (Wildman–Crippen MR) is 89.4 cm³/mol. The van der Waals surface area contributed by atoms with Gasteiger partial charge in [-0.05, 0) is 37.5 Å². The molecule has 2 aromatic rings. The number of hydrogen-bond acceptors (Lipinski definition) is 4. The molecular weight excluding hydrogens is 309 g/mol. The van der Waals surface area contributed by atoms with Crippen LogP contribution in [0.3, 0.4) is 0 Å². The molecule has 0 radical (unpaired) electrons. The number of aromatic nitrogens is 2. The first-order valence-electron chi connectivity index (χ1n) is 8.33. The Morgan fingerprint density at radius 1 is 1.42 bits per heavy atom. The van der Waals surface area contributed by atoms with E-state index in [9.17, 15) is 9.50 Å². The molecular formula is C18H24FN3O2. The summed E-state index contributed by atoms with van der Waals surface area (Å²) < 4.78 is 20.8. The summed E-state index contributed by atoms with van der Waals surface area (Å²) in [7, 11) is 1.83. The van der Waals surface area contributed by atoms with Gasteiger partial charge in [-0.1, -0.05) is 12.1 Å². The fourth-order valence-electron chi connectivity index (χ4n) is 3.15. The molecule has 6 heteroatoms. The monoisotopic (exact) mass is 333 g/mol. The Morgan fingerprint density at radius 2 is 2.25 bits per heavy atom. The van der Waals surface area contributed by atoms with Gasteiger partial charge in [0.25, 0.3) is 0 Å². The first-order chi connectivity index (χ1) is 11.5. The molecule has 0 aliphatic carbocycles. The van der Waals surface area contributed by atoms with Crippen molar-refractivity contribution in [1.82, 2.24) is 14.7 Å². The maximum absolute atomic E-state index is 13.2. The third-order valence-corrected chi connectivity index (χ3v) is 4.60. The molecule has 0 bridgehead atoms. The number of hydrogen-bond donors (Lipinski definition) is 1. The molecule has 5 nitrogen and oxygen atoms in total. The van der Waals surface area contributed by atoms with Crippen LogP contribution in [-0.4, -0.2) is 51.1 Å². The fraction of sp³-hybridized carbons (Fsp3) is 0.500. The Hall–Kier alpha value is -1.92. The molecule has 1 aliphatic heterocycles. The summed E-state index contributed by atoms with van der Waals surface area (Å²) >= 11 is 0. The smallest absolute Gasteiger partial charge is 0.157 e. The standard InChI is InChI=1S/C18H24FN3O2/c1-13(6-7-14-4-3-5-15(19)8-14)22-11-17(23)18(12-22)24-16-9-20-21(2)10-16/h3-5,8-10,13,17-18,23H,6-7,11-12H2,1-2H3/t13?,17-,18-/m1/s1. The average Bonchev–Trinajstić information content (AvgIpc) is 3.12. The van der Waals surface area contributed by atoms with Crippen LogP contribution in [0, 0.1) is 5.82 Å². The highest BCUT2D eigenvalue weighted by Gasteiger charge is 2.35. The van der Waals surface area contributed by atoms with Crippen molar-refractivity contribution in [3.05, 3.63) is 48.0 Å².